The topological polar surface area (TPSA) is 32.3 Å². The molecule has 2 aromatic carbocycles. The monoisotopic (exact) mass is 410 g/mol. The van der Waals surface area contributed by atoms with Gasteiger partial charge in [0.15, 0.2) is 0 Å². The molecular weight excluding hydrogens is 396 g/mol. The molecule has 5 heteroatoms. The lowest BCUT2D eigenvalue weighted by molar-refractivity contribution is 0.102. The number of anilines is 2. The minimum Gasteiger partial charge on any atom is -0.376 e. The van der Waals surface area contributed by atoms with Crippen molar-refractivity contribution in [3.8, 4) is 0 Å². The van der Waals surface area contributed by atoms with Crippen LogP contribution < -0.4 is 10.2 Å². The molecular formula is C16H16Br2N2O. The molecule has 110 valence electrons. The zero-order valence-electron chi connectivity index (χ0n) is 12.1. The number of benzene rings is 2. The van der Waals surface area contributed by atoms with Crippen molar-refractivity contribution < 1.29 is 4.79 Å². The fourth-order valence-corrected chi connectivity index (χ4v) is 3.03. The number of aryl methyl sites for hydroxylation is 1. The smallest absolute Gasteiger partial charge is 0.255 e. The van der Waals surface area contributed by atoms with Gasteiger partial charge in [0.2, 0.25) is 0 Å². The third kappa shape index (κ3) is 4.08. The lowest BCUT2D eigenvalue weighted by Crippen LogP contribution is -2.17. The number of hydrogen-bond donors (Lipinski definition) is 1. The lowest BCUT2D eigenvalue weighted by Gasteiger charge is -2.18. The van der Waals surface area contributed by atoms with Gasteiger partial charge >= 0.3 is 0 Å². The molecule has 0 atom stereocenters. The van der Waals surface area contributed by atoms with E-state index < -0.39 is 0 Å². The standard InChI is InChI=1S/C16H16Br2N2O/c1-10-6-11(8-13(18)7-10)16(21)19-14-9-12(17)4-5-15(14)20(2)3/h4-9H,1-3H3,(H,19,21). The Hall–Kier alpha value is -1.33. The largest absolute Gasteiger partial charge is 0.376 e. The molecule has 0 radical (unpaired) electrons. The molecule has 0 fully saturated rings. The summed E-state index contributed by atoms with van der Waals surface area (Å²) < 4.78 is 1.82. The van der Waals surface area contributed by atoms with Gasteiger partial charge in [0.1, 0.15) is 0 Å². The third-order valence-corrected chi connectivity index (χ3v) is 3.94. The van der Waals surface area contributed by atoms with E-state index in [1.807, 2.05) is 62.3 Å². The Labute approximate surface area is 141 Å². The van der Waals surface area contributed by atoms with Crippen LogP contribution in [0.5, 0.6) is 0 Å². The van der Waals surface area contributed by atoms with Gasteiger partial charge in [-0.15, -0.1) is 0 Å². The van der Waals surface area contributed by atoms with Gasteiger partial charge in [-0.3, -0.25) is 4.79 Å². The van der Waals surface area contributed by atoms with Crippen LogP contribution in [0.15, 0.2) is 45.3 Å². The predicted molar refractivity (Wildman–Crippen MR) is 95.3 cm³/mol. The normalized spacial score (nSPS) is 10.3. The molecule has 0 aliphatic rings. The first kappa shape index (κ1) is 16.0. The fourth-order valence-electron chi connectivity index (χ4n) is 2.06. The van der Waals surface area contributed by atoms with Crippen LogP contribution >= 0.6 is 31.9 Å². The van der Waals surface area contributed by atoms with E-state index in [1.165, 1.54) is 0 Å². The molecule has 0 heterocycles. The van der Waals surface area contributed by atoms with E-state index in [4.69, 9.17) is 0 Å². The molecule has 3 nitrogen and oxygen atoms in total. The molecule has 0 saturated carbocycles. The highest BCUT2D eigenvalue weighted by Gasteiger charge is 2.12. The highest BCUT2D eigenvalue weighted by molar-refractivity contribution is 9.10. The molecule has 0 aliphatic heterocycles. The SMILES string of the molecule is Cc1cc(Br)cc(C(=O)Nc2cc(Br)ccc2N(C)C)c1. The van der Waals surface area contributed by atoms with Crippen LogP contribution in [0.4, 0.5) is 11.4 Å². The van der Waals surface area contributed by atoms with Crippen molar-refractivity contribution >= 4 is 49.1 Å². The second-order valence-electron chi connectivity index (χ2n) is 5.03. The summed E-state index contributed by atoms with van der Waals surface area (Å²) in [6, 6.07) is 11.5. The van der Waals surface area contributed by atoms with Crippen LogP contribution in [-0.2, 0) is 0 Å². The quantitative estimate of drug-likeness (QED) is 0.783. The maximum absolute atomic E-state index is 12.4. The first-order valence-electron chi connectivity index (χ1n) is 6.42. The van der Waals surface area contributed by atoms with Gasteiger partial charge in [-0.2, -0.15) is 0 Å². The summed E-state index contributed by atoms with van der Waals surface area (Å²) in [6.07, 6.45) is 0. The average molecular weight is 412 g/mol. The van der Waals surface area contributed by atoms with Crippen molar-refractivity contribution in [3.05, 3.63) is 56.5 Å². The highest BCUT2D eigenvalue weighted by Crippen LogP contribution is 2.28. The van der Waals surface area contributed by atoms with E-state index in [-0.39, 0.29) is 5.91 Å². The first-order valence-corrected chi connectivity index (χ1v) is 8.01. The Morgan fingerprint density at radius 2 is 1.76 bits per heavy atom. The zero-order chi connectivity index (χ0) is 15.6. The van der Waals surface area contributed by atoms with Crippen LogP contribution in [0.3, 0.4) is 0 Å². The molecule has 0 unspecified atom stereocenters. The molecule has 21 heavy (non-hydrogen) atoms. The number of halogens is 2. The maximum atomic E-state index is 12.4. The van der Waals surface area contributed by atoms with Gasteiger partial charge in [-0.1, -0.05) is 31.9 Å². The molecule has 1 N–H and O–H groups in total. The molecule has 0 bridgehead atoms. The predicted octanol–water partition coefficient (Wildman–Crippen LogP) is 4.84. The zero-order valence-corrected chi connectivity index (χ0v) is 15.2. The van der Waals surface area contributed by atoms with Crippen LogP contribution in [-0.4, -0.2) is 20.0 Å². The lowest BCUT2D eigenvalue weighted by atomic mass is 10.1. The summed E-state index contributed by atoms with van der Waals surface area (Å²) in [6.45, 7) is 1.96. The summed E-state index contributed by atoms with van der Waals surface area (Å²) >= 11 is 6.86. The summed E-state index contributed by atoms with van der Waals surface area (Å²) in [5, 5.41) is 2.97. The van der Waals surface area contributed by atoms with Crippen molar-refractivity contribution in [2.75, 3.05) is 24.3 Å². The van der Waals surface area contributed by atoms with Crippen molar-refractivity contribution in [1.29, 1.82) is 0 Å². The number of nitrogens with zero attached hydrogens (tertiary/aromatic N) is 1. The van der Waals surface area contributed by atoms with Crippen LogP contribution in [0, 0.1) is 6.92 Å². The Morgan fingerprint density at radius 3 is 2.38 bits per heavy atom. The van der Waals surface area contributed by atoms with Crippen LogP contribution in [0.1, 0.15) is 15.9 Å². The van der Waals surface area contributed by atoms with Gasteiger partial charge in [-0.05, 0) is 48.9 Å². The molecule has 0 aliphatic carbocycles. The van der Waals surface area contributed by atoms with E-state index in [9.17, 15) is 4.79 Å². The maximum Gasteiger partial charge on any atom is 0.255 e. The first-order chi connectivity index (χ1) is 9.86. The summed E-state index contributed by atoms with van der Waals surface area (Å²) in [5.41, 5.74) is 3.40. The van der Waals surface area contributed by atoms with Crippen molar-refractivity contribution in [1.82, 2.24) is 0 Å². The van der Waals surface area contributed by atoms with Crippen LogP contribution in [0.25, 0.3) is 0 Å². The van der Waals surface area contributed by atoms with E-state index >= 15 is 0 Å². The summed E-state index contributed by atoms with van der Waals surface area (Å²) in [7, 11) is 3.89. The average Bonchev–Trinajstić information content (AvgIpc) is 2.37. The van der Waals surface area contributed by atoms with E-state index in [2.05, 4.69) is 37.2 Å². The van der Waals surface area contributed by atoms with E-state index in [1.54, 1.807) is 0 Å². The van der Waals surface area contributed by atoms with Gasteiger partial charge in [0, 0.05) is 28.6 Å². The minimum absolute atomic E-state index is 0.124. The third-order valence-electron chi connectivity index (χ3n) is 2.99. The highest BCUT2D eigenvalue weighted by atomic mass is 79.9. The van der Waals surface area contributed by atoms with Gasteiger partial charge in [-0.25, -0.2) is 0 Å². The second-order valence-corrected chi connectivity index (χ2v) is 6.86. The molecule has 2 rings (SSSR count). The van der Waals surface area contributed by atoms with Gasteiger partial charge in [0.25, 0.3) is 5.91 Å². The molecule has 1 amide bonds. The summed E-state index contributed by atoms with van der Waals surface area (Å²) in [4.78, 5) is 14.4. The molecule has 0 saturated heterocycles. The Morgan fingerprint density at radius 1 is 1.05 bits per heavy atom. The van der Waals surface area contributed by atoms with Crippen molar-refractivity contribution in [2.24, 2.45) is 0 Å². The number of hydrogen-bond acceptors (Lipinski definition) is 2. The number of amides is 1. The van der Waals surface area contributed by atoms with E-state index in [0.29, 0.717) is 5.56 Å². The minimum atomic E-state index is -0.124. The van der Waals surface area contributed by atoms with Crippen molar-refractivity contribution in [2.45, 2.75) is 6.92 Å². The number of rotatable bonds is 3. The van der Waals surface area contributed by atoms with Crippen molar-refractivity contribution in [3.63, 3.8) is 0 Å². The fraction of sp³-hybridized carbons (Fsp3) is 0.188. The Bertz CT molecular complexity index is 664. The van der Waals surface area contributed by atoms with Crippen LogP contribution in [0.2, 0.25) is 0 Å². The van der Waals surface area contributed by atoms with Gasteiger partial charge in [0.05, 0.1) is 11.4 Å². The number of carbonyl (C=O) groups excluding carboxylic acids is 1. The molecule has 0 aromatic heterocycles. The number of nitrogens with one attached hydrogen (secondary N) is 1. The number of carbonyl (C=O) groups is 1. The molecule has 2 aromatic rings. The summed E-state index contributed by atoms with van der Waals surface area (Å²) in [5.74, 6) is -0.124. The Balaban J connectivity index is 2.33. The van der Waals surface area contributed by atoms with E-state index in [0.717, 1.165) is 25.9 Å². The van der Waals surface area contributed by atoms with Gasteiger partial charge < -0.3 is 10.2 Å². The second kappa shape index (κ2) is 6.62. The Kier molecular flexibility index (Phi) is 5.06. The molecule has 0 spiro atoms.